The number of fused-ring (bicyclic) bond motifs is 1. The van der Waals surface area contributed by atoms with E-state index >= 15 is 0 Å². The molecule has 0 aliphatic carbocycles. The van der Waals surface area contributed by atoms with Crippen molar-refractivity contribution in [1.82, 2.24) is 24.7 Å². The van der Waals surface area contributed by atoms with E-state index in [0.29, 0.717) is 6.42 Å². The van der Waals surface area contributed by atoms with E-state index in [2.05, 4.69) is 27.0 Å². The molecule has 6 nitrogen and oxygen atoms in total. The Bertz CT molecular complexity index is 726. The van der Waals surface area contributed by atoms with Crippen molar-refractivity contribution < 1.29 is 0 Å². The van der Waals surface area contributed by atoms with E-state index in [1.807, 2.05) is 29.3 Å². The SMILES string of the molecule is CCC(CC=N)n1cc(-c2ncnc3[nH]ccc23)cn1. The third-order valence-electron chi connectivity index (χ3n) is 3.46. The van der Waals surface area contributed by atoms with Crippen LogP contribution in [-0.4, -0.2) is 30.9 Å². The average molecular weight is 268 g/mol. The Kier molecular flexibility index (Phi) is 3.28. The molecule has 3 rings (SSSR count). The molecule has 0 bridgehead atoms. The van der Waals surface area contributed by atoms with E-state index in [0.717, 1.165) is 28.7 Å². The van der Waals surface area contributed by atoms with E-state index in [1.165, 1.54) is 6.21 Å². The van der Waals surface area contributed by atoms with Crippen LogP contribution in [0.3, 0.4) is 0 Å². The normalized spacial score (nSPS) is 12.7. The fourth-order valence-corrected chi connectivity index (χ4v) is 2.36. The minimum Gasteiger partial charge on any atom is -0.346 e. The van der Waals surface area contributed by atoms with Crippen LogP contribution in [0.25, 0.3) is 22.3 Å². The summed E-state index contributed by atoms with van der Waals surface area (Å²) in [6.45, 7) is 2.10. The van der Waals surface area contributed by atoms with Crippen LogP contribution in [0.1, 0.15) is 25.8 Å². The fourth-order valence-electron chi connectivity index (χ4n) is 2.36. The average Bonchev–Trinajstić information content (AvgIpc) is 3.12. The van der Waals surface area contributed by atoms with Gasteiger partial charge in [0.2, 0.25) is 0 Å². The van der Waals surface area contributed by atoms with Gasteiger partial charge in [0, 0.05) is 29.8 Å². The fraction of sp³-hybridized carbons (Fsp3) is 0.286. The van der Waals surface area contributed by atoms with Crippen LogP contribution in [0.15, 0.2) is 31.0 Å². The van der Waals surface area contributed by atoms with Crippen molar-refractivity contribution in [1.29, 1.82) is 5.41 Å². The molecule has 3 aromatic rings. The Morgan fingerprint density at radius 1 is 1.45 bits per heavy atom. The number of H-pyrrole nitrogens is 1. The molecule has 20 heavy (non-hydrogen) atoms. The highest BCUT2D eigenvalue weighted by atomic mass is 15.3. The summed E-state index contributed by atoms with van der Waals surface area (Å²) in [4.78, 5) is 11.6. The lowest BCUT2D eigenvalue weighted by Gasteiger charge is -2.12. The van der Waals surface area contributed by atoms with Gasteiger partial charge in [-0.25, -0.2) is 9.97 Å². The van der Waals surface area contributed by atoms with Gasteiger partial charge in [0.05, 0.1) is 17.9 Å². The lowest BCUT2D eigenvalue weighted by Crippen LogP contribution is -2.08. The first-order valence-electron chi connectivity index (χ1n) is 6.65. The van der Waals surface area contributed by atoms with E-state index in [-0.39, 0.29) is 6.04 Å². The van der Waals surface area contributed by atoms with Crippen LogP contribution in [0.4, 0.5) is 0 Å². The smallest absolute Gasteiger partial charge is 0.141 e. The number of aromatic amines is 1. The standard InChI is InChI=1S/C14H16N6/c1-2-11(3-5-15)20-8-10(7-19-20)13-12-4-6-16-14(12)18-9-17-13/h4-9,11,15H,2-3H2,1H3,(H,16,17,18). The van der Waals surface area contributed by atoms with Crippen molar-refractivity contribution in [2.75, 3.05) is 0 Å². The third kappa shape index (κ3) is 2.09. The molecular formula is C14H16N6. The number of rotatable bonds is 5. The van der Waals surface area contributed by atoms with Crippen LogP contribution in [0, 0.1) is 5.41 Å². The Morgan fingerprint density at radius 3 is 3.15 bits per heavy atom. The van der Waals surface area contributed by atoms with Crippen LogP contribution in [0.2, 0.25) is 0 Å². The van der Waals surface area contributed by atoms with E-state index in [4.69, 9.17) is 5.41 Å². The van der Waals surface area contributed by atoms with Crippen molar-refractivity contribution in [2.45, 2.75) is 25.8 Å². The van der Waals surface area contributed by atoms with Gasteiger partial charge in [0.25, 0.3) is 0 Å². The maximum Gasteiger partial charge on any atom is 0.141 e. The maximum atomic E-state index is 7.25. The molecule has 0 saturated carbocycles. The Morgan fingerprint density at radius 2 is 2.35 bits per heavy atom. The number of hydrogen-bond donors (Lipinski definition) is 2. The van der Waals surface area contributed by atoms with Crippen molar-refractivity contribution in [2.24, 2.45) is 0 Å². The zero-order valence-electron chi connectivity index (χ0n) is 11.2. The number of nitrogens with one attached hydrogen (secondary N) is 2. The van der Waals surface area contributed by atoms with Crippen molar-refractivity contribution in [3.8, 4) is 11.3 Å². The zero-order valence-corrected chi connectivity index (χ0v) is 11.2. The van der Waals surface area contributed by atoms with E-state index < -0.39 is 0 Å². The molecular weight excluding hydrogens is 252 g/mol. The first kappa shape index (κ1) is 12.5. The summed E-state index contributed by atoms with van der Waals surface area (Å²) in [5.41, 5.74) is 2.68. The minimum atomic E-state index is 0.227. The van der Waals surface area contributed by atoms with Crippen LogP contribution in [-0.2, 0) is 0 Å². The monoisotopic (exact) mass is 268 g/mol. The molecule has 0 fully saturated rings. The quantitative estimate of drug-likeness (QED) is 0.698. The first-order chi connectivity index (χ1) is 9.83. The van der Waals surface area contributed by atoms with Gasteiger partial charge in [-0.3, -0.25) is 4.68 Å². The molecule has 1 atom stereocenters. The topological polar surface area (TPSA) is 83.2 Å². The van der Waals surface area contributed by atoms with Gasteiger partial charge in [-0.2, -0.15) is 5.10 Å². The second kappa shape index (κ2) is 5.24. The molecule has 0 radical (unpaired) electrons. The molecule has 0 amide bonds. The number of nitrogens with zero attached hydrogens (tertiary/aromatic N) is 4. The molecule has 0 aliphatic heterocycles. The van der Waals surface area contributed by atoms with Gasteiger partial charge in [-0.1, -0.05) is 6.92 Å². The highest BCUT2D eigenvalue weighted by molar-refractivity contribution is 5.89. The number of aromatic nitrogens is 5. The zero-order chi connectivity index (χ0) is 13.9. The largest absolute Gasteiger partial charge is 0.346 e. The van der Waals surface area contributed by atoms with Gasteiger partial charge in [-0.05, 0) is 18.7 Å². The van der Waals surface area contributed by atoms with E-state index in [1.54, 1.807) is 6.33 Å². The summed E-state index contributed by atoms with van der Waals surface area (Å²) in [5.74, 6) is 0. The molecule has 2 N–H and O–H groups in total. The molecule has 102 valence electrons. The van der Waals surface area contributed by atoms with E-state index in [9.17, 15) is 0 Å². The van der Waals surface area contributed by atoms with Gasteiger partial charge >= 0.3 is 0 Å². The van der Waals surface area contributed by atoms with Crippen molar-refractivity contribution >= 4 is 17.2 Å². The predicted molar refractivity (Wildman–Crippen MR) is 77.8 cm³/mol. The maximum absolute atomic E-state index is 7.25. The Balaban J connectivity index is 2.01. The van der Waals surface area contributed by atoms with Crippen molar-refractivity contribution in [3.05, 3.63) is 31.0 Å². The van der Waals surface area contributed by atoms with Gasteiger partial charge in [0.1, 0.15) is 12.0 Å². The van der Waals surface area contributed by atoms with Crippen molar-refractivity contribution in [3.63, 3.8) is 0 Å². The summed E-state index contributed by atoms with van der Waals surface area (Å²) in [7, 11) is 0. The summed E-state index contributed by atoms with van der Waals surface area (Å²) in [6, 6.07) is 2.20. The molecule has 0 saturated heterocycles. The molecule has 0 aromatic carbocycles. The Hall–Kier alpha value is -2.50. The van der Waals surface area contributed by atoms with Gasteiger partial charge < -0.3 is 10.4 Å². The number of hydrogen-bond acceptors (Lipinski definition) is 4. The first-order valence-corrected chi connectivity index (χ1v) is 6.65. The summed E-state index contributed by atoms with van der Waals surface area (Å²) in [5, 5.41) is 12.7. The Labute approximate surface area is 116 Å². The second-order valence-corrected chi connectivity index (χ2v) is 4.67. The summed E-state index contributed by atoms with van der Waals surface area (Å²) in [6.07, 6.45) is 10.3. The van der Waals surface area contributed by atoms with Crippen LogP contribution >= 0.6 is 0 Å². The lowest BCUT2D eigenvalue weighted by molar-refractivity contribution is 0.456. The highest BCUT2D eigenvalue weighted by Crippen LogP contribution is 2.25. The molecule has 3 heterocycles. The summed E-state index contributed by atoms with van der Waals surface area (Å²) < 4.78 is 1.92. The molecule has 1 unspecified atom stereocenters. The second-order valence-electron chi connectivity index (χ2n) is 4.67. The van der Waals surface area contributed by atoms with Crippen LogP contribution < -0.4 is 0 Å². The highest BCUT2D eigenvalue weighted by Gasteiger charge is 2.13. The minimum absolute atomic E-state index is 0.227. The third-order valence-corrected chi connectivity index (χ3v) is 3.46. The predicted octanol–water partition coefficient (Wildman–Crippen LogP) is 2.81. The van der Waals surface area contributed by atoms with Crippen LogP contribution in [0.5, 0.6) is 0 Å². The van der Waals surface area contributed by atoms with Gasteiger partial charge in [-0.15, -0.1) is 0 Å². The summed E-state index contributed by atoms with van der Waals surface area (Å²) >= 11 is 0. The molecule has 3 aromatic heterocycles. The lowest BCUT2D eigenvalue weighted by atomic mass is 10.1. The molecule has 6 heteroatoms. The van der Waals surface area contributed by atoms with Gasteiger partial charge in [0.15, 0.2) is 0 Å². The molecule has 0 spiro atoms. The molecule has 0 aliphatic rings.